The summed E-state index contributed by atoms with van der Waals surface area (Å²) in [6.45, 7) is 0. The van der Waals surface area contributed by atoms with Crippen LogP contribution in [0.2, 0.25) is 0 Å². The van der Waals surface area contributed by atoms with Crippen LogP contribution in [0.15, 0.2) is 60.7 Å². The fourth-order valence-electron chi connectivity index (χ4n) is 3.24. The molecule has 2 rings (SSSR count). The van der Waals surface area contributed by atoms with Crippen LogP contribution in [0.3, 0.4) is 0 Å². The van der Waals surface area contributed by atoms with E-state index in [1.54, 1.807) is 0 Å². The molecule has 1 N–H and O–H groups in total. The molecule has 2 aromatic carbocycles. The van der Waals surface area contributed by atoms with Gasteiger partial charge in [-0.1, -0.05) is 73.5 Å². The van der Waals surface area contributed by atoms with Crippen LogP contribution in [-0.2, 0) is 12.8 Å². The summed E-state index contributed by atoms with van der Waals surface area (Å²) < 4.78 is 0. The Morgan fingerprint density at radius 1 is 0.792 bits per heavy atom. The van der Waals surface area contributed by atoms with E-state index in [2.05, 4.69) is 60.7 Å². The van der Waals surface area contributed by atoms with Gasteiger partial charge in [-0.2, -0.15) is 0 Å². The van der Waals surface area contributed by atoms with Gasteiger partial charge in [0.25, 0.3) is 0 Å². The Bertz CT molecular complexity index is 579. The number of benzene rings is 2. The van der Waals surface area contributed by atoms with Crippen molar-refractivity contribution in [1.82, 2.24) is 0 Å². The maximum absolute atomic E-state index is 9.15. The zero-order valence-corrected chi connectivity index (χ0v) is 15.2. The number of aryl methyl sites for hydroxylation is 1. The van der Waals surface area contributed by atoms with Gasteiger partial charge in [0.05, 0.1) is 0 Å². The molecule has 1 nitrogen and oxygen atoms in total. The van der Waals surface area contributed by atoms with E-state index in [1.165, 1.54) is 30.4 Å². The molecule has 0 aromatic heterocycles. The van der Waals surface area contributed by atoms with Crippen LogP contribution in [0, 0.1) is 5.92 Å². The molecule has 128 valence electrons. The fraction of sp³-hybridized carbons (Fsp3) is 0.409. The minimum atomic E-state index is 0.152. The second-order valence-corrected chi connectivity index (χ2v) is 7.04. The first kappa shape index (κ1) is 18.7. The highest BCUT2D eigenvalue weighted by Gasteiger charge is 2.10. The number of unbranched alkanes of at least 4 members (excludes halogenated alkanes) is 1. The van der Waals surface area contributed by atoms with Crippen LogP contribution >= 0.6 is 12.2 Å². The molecule has 1 unspecified atom stereocenters. The van der Waals surface area contributed by atoms with Crippen LogP contribution in [0.5, 0.6) is 0 Å². The summed E-state index contributed by atoms with van der Waals surface area (Å²) in [5.74, 6) is 0.711. The van der Waals surface area contributed by atoms with Crippen molar-refractivity contribution in [2.24, 2.45) is 5.92 Å². The summed E-state index contributed by atoms with van der Waals surface area (Å²) in [4.78, 5) is 0. The topological polar surface area (TPSA) is 20.2 Å². The normalized spacial score (nSPS) is 12.0. The number of rotatable bonds is 11. The summed E-state index contributed by atoms with van der Waals surface area (Å²) in [6.07, 6.45) is 8.83. The zero-order valence-electron chi connectivity index (χ0n) is 14.4. The molecule has 0 bridgehead atoms. The van der Waals surface area contributed by atoms with Crippen molar-refractivity contribution in [2.75, 3.05) is 0 Å². The number of aliphatic hydroxyl groups is 1. The minimum absolute atomic E-state index is 0.152. The largest absolute Gasteiger partial charge is 0.502 e. The number of thiocarbonyl (C=S) groups is 1. The average Bonchev–Trinajstić information content (AvgIpc) is 2.60. The van der Waals surface area contributed by atoms with Crippen LogP contribution < -0.4 is 0 Å². The predicted octanol–water partition coefficient (Wildman–Crippen LogP) is 6.31. The highest BCUT2D eigenvalue weighted by Crippen LogP contribution is 2.22. The Morgan fingerprint density at radius 3 is 2.00 bits per heavy atom. The Labute approximate surface area is 151 Å². The van der Waals surface area contributed by atoms with Gasteiger partial charge in [-0.25, -0.2) is 0 Å². The Balaban J connectivity index is 1.80. The van der Waals surface area contributed by atoms with Crippen molar-refractivity contribution in [2.45, 2.75) is 51.4 Å². The van der Waals surface area contributed by atoms with E-state index < -0.39 is 0 Å². The third-order valence-electron chi connectivity index (χ3n) is 4.54. The molecule has 0 saturated heterocycles. The van der Waals surface area contributed by atoms with Gasteiger partial charge in [-0.15, -0.1) is 0 Å². The molecule has 0 saturated carbocycles. The highest BCUT2D eigenvalue weighted by molar-refractivity contribution is 7.80. The van der Waals surface area contributed by atoms with Gasteiger partial charge >= 0.3 is 0 Å². The van der Waals surface area contributed by atoms with Gasteiger partial charge in [-0.3, -0.25) is 0 Å². The smallest absolute Gasteiger partial charge is 0.156 e. The molecule has 2 aromatic rings. The third-order valence-corrected chi connectivity index (χ3v) is 4.74. The Morgan fingerprint density at radius 2 is 1.38 bits per heavy atom. The maximum Gasteiger partial charge on any atom is 0.156 e. The van der Waals surface area contributed by atoms with Crippen molar-refractivity contribution in [3.63, 3.8) is 0 Å². The summed E-state index contributed by atoms with van der Waals surface area (Å²) in [5, 5.41) is 9.30. The molecular weight excluding hydrogens is 312 g/mol. The molecule has 0 radical (unpaired) electrons. The average molecular weight is 341 g/mol. The second kappa shape index (κ2) is 11.0. The molecule has 0 amide bonds. The molecule has 0 aliphatic carbocycles. The van der Waals surface area contributed by atoms with E-state index in [1.807, 2.05) is 0 Å². The number of aliphatic hydroxyl groups excluding tert-OH is 1. The highest BCUT2D eigenvalue weighted by atomic mass is 32.1. The molecule has 1 atom stereocenters. The lowest BCUT2D eigenvalue weighted by Gasteiger charge is -2.17. The Kier molecular flexibility index (Phi) is 8.54. The molecule has 0 fully saturated rings. The van der Waals surface area contributed by atoms with Crippen molar-refractivity contribution < 1.29 is 5.11 Å². The Hall–Kier alpha value is -1.67. The van der Waals surface area contributed by atoms with E-state index in [0.29, 0.717) is 12.3 Å². The molecule has 0 aliphatic rings. The number of hydrogen-bond donors (Lipinski definition) is 1. The summed E-state index contributed by atoms with van der Waals surface area (Å²) in [6, 6.07) is 21.5. The standard InChI is InChI=1S/C22H28OS/c23-22(24)17-8-7-14-21(18-20-12-5-2-6-13-20)16-9-15-19-10-3-1-4-11-19/h1-6,10-13,21H,7-9,14-18H2,(H,23,24). The first-order chi connectivity index (χ1) is 11.7. The van der Waals surface area contributed by atoms with E-state index in [-0.39, 0.29) is 5.05 Å². The van der Waals surface area contributed by atoms with Crippen LogP contribution in [0.1, 0.15) is 49.7 Å². The van der Waals surface area contributed by atoms with Crippen LogP contribution in [-0.4, -0.2) is 10.2 Å². The van der Waals surface area contributed by atoms with Crippen LogP contribution in [0.4, 0.5) is 0 Å². The van der Waals surface area contributed by atoms with E-state index in [4.69, 9.17) is 17.3 Å². The van der Waals surface area contributed by atoms with Gasteiger partial charge in [-0.05, 0) is 61.4 Å². The van der Waals surface area contributed by atoms with Gasteiger partial charge in [0.1, 0.15) is 0 Å². The van der Waals surface area contributed by atoms with E-state index in [9.17, 15) is 0 Å². The van der Waals surface area contributed by atoms with Gasteiger partial charge in [0.15, 0.2) is 5.05 Å². The van der Waals surface area contributed by atoms with Crippen molar-refractivity contribution in [3.05, 3.63) is 71.8 Å². The van der Waals surface area contributed by atoms with Crippen molar-refractivity contribution >= 4 is 17.3 Å². The molecular formula is C22H28OS. The van der Waals surface area contributed by atoms with E-state index in [0.717, 1.165) is 25.7 Å². The maximum atomic E-state index is 9.15. The van der Waals surface area contributed by atoms with Gasteiger partial charge in [0, 0.05) is 6.42 Å². The minimum Gasteiger partial charge on any atom is -0.502 e. The van der Waals surface area contributed by atoms with Crippen molar-refractivity contribution in [3.8, 4) is 0 Å². The fourth-order valence-corrected chi connectivity index (χ4v) is 3.39. The number of hydrogen-bond acceptors (Lipinski definition) is 1. The molecule has 24 heavy (non-hydrogen) atoms. The third kappa shape index (κ3) is 7.74. The first-order valence-corrected chi connectivity index (χ1v) is 9.44. The lowest BCUT2D eigenvalue weighted by Crippen LogP contribution is -2.06. The second-order valence-electron chi connectivity index (χ2n) is 6.57. The van der Waals surface area contributed by atoms with Gasteiger partial charge < -0.3 is 5.11 Å². The summed E-state index contributed by atoms with van der Waals surface area (Å²) >= 11 is 4.76. The predicted molar refractivity (Wildman–Crippen MR) is 107 cm³/mol. The lowest BCUT2D eigenvalue weighted by atomic mass is 9.89. The molecule has 0 aliphatic heterocycles. The summed E-state index contributed by atoms with van der Waals surface area (Å²) in [5.41, 5.74) is 2.86. The van der Waals surface area contributed by atoms with Crippen LogP contribution in [0.25, 0.3) is 0 Å². The first-order valence-electron chi connectivity index (χ1n) is 9.03. The monoisotopic (exact) mass is 340 g/mol. The van der Waals surface area contributed by atoms with Crippen molar-refractivity contribution in [1.29, 1.82) is 0 Å². The zero-order chi connectivity index (χ0) is 17.0. The van der Waals surface area contributed by atoms with E-state index >= 15 is 0 Å². The SMILES string of the molecule is OC(=S)CCCCC(CCCc1ccccc1)Cc1ccccc1. The lowest BCUT2D eigenvalue weighted by molar-refractivity contribution is 0.414. The summed E-state index contributed by atoms with van der Waals surface area (Å²) in [7, 11) is 0. The molecule has 0 heterocycles. The van der Waals surface area contributed by atoms with Gasteiger partial charge in [0.2, 0.25) is 0 Å². The quantitative estimate of drug-likeness (QED) is 0.382. The molecule has 2 heteroatoms. The molecule has 0 spiro atoms.